The van der Waals surface area contributed by atoms with E-state index in [0.29, 0.717) is 0 Å². The summed E-state index contributed by atoms with van der Waals surface area (Å²) in [4.78, 5) is 20.6. The molecule has 0 aliphatic carbocycles. The van der Waals surface area contributed by atoms with Crippen LogP contribution in [0.1, 0.15) is 42.1 Å². The van der Waals surface area contributed by atoms with Crippen molar-refractivity contribution in [3.8, 4) is 0 Å². The SMILES string of the molecule is CN=C(NCCCN1CCCC(C)C1)NCCc1cccc(C(=O)N(C)C)c1.I. The van der Waals surface area contributed by atoms with Gasteiger partial charge >= 0.3 is 0 Å². The number of piperidine rings is 1. The van der Waals surface area contributed by atoms with Crippen molar-refractivity contribution in [2.45, 2.75) is 32.6 Å². The number of amides is 1. The van der Waals surface area contributed by atoms with Crippen LogP contribution in [0.15, 0.2) is 29.3 Å². The van der Waals surface area contributed by atoms with Gasteiger partial charge in [0.15, 0.2) is 5.96 Å². The maximum Gasteiger partial charge on any atom is 0.253 e. The lowest BCUT2D eigenvalue weighted by Gasteiger charge is -2.30. The van der Waals surface area contributed by atoms with Gasteiger partial charge in [-0.05, 0) is 62.4 Å². The molecule has 29 heavy (non-hydrogen) atoms. The van der Waals surface area contributed by atoms with E-state index in [4.69, 9.17) is 0 Å². The van der Waals surface area contributed by atoms with Crippen molar-refractivity contribution in [1.82, 2.24) is 20.4 Å². The van der Waals surface area contributed by atoms with Gasteiger partial charge in [-0.1, -0.05) is 19.1 Å². The third-order valence-electron chi connectivity index (χ3n) is 5.19. The number of hydrogen-bond donors (Lipinski definition) is 2. The molecule has 6 nitrogen and oxygen atoms in total. The molecule has 164 valence electrons. The van der Waals surface area contributed by atoms with Gasteiger partial charge in [-0.15, -0.1) is 24.0 Å². The molecule has 1 amide bonds. The molecule has 1 unspecified atom stereocenters. The molecule has 0 spiro atoms. The van der Waals surface area contributed by atoms with E-state index in [-0.39, 0.29) is 29.9 Å². The summed E-state index contributed by atoms with van der Waals surface area (Å²) in [6.07, 6.45) is 4.68. The molecule has 2 N–H and O–H groups in total. The van der Waals surface area contributed by atoms with Crippen molar-refractivity contribution in [3.63, 3.8) is 0 Å². The molecule has 0 radical (unpaired) electrons. The predicted octanol–water partition coefficient (Wildman–Crippen LogP) is 2.84. The van der Waals surface area contributed by atoms with E-state index < -0.39 is 0 Å². The quantitative estimate of drug-likeness (QED) is 0.242. The lowest BCUT2D eigenvalue weighted by Crippen LogP contribution is -2.40. The highest BCUT2D eigenvalue weighted by Gasteiger charge is 2.15. The number of hydrogen-bond acceptors (Lipinski definition) is 3. The van der Waals surface area contributed by atoms with E-state index in [9.17, 15) is 4.79 Å². The van der Waals surface area contributed by atoms with Gasteiger partial charge in [-0.2, -0.15) is 0 Å². The molecule has 1 saturated heterocycles. The molecule has 1 aromatic rings. The standard InChI is InChI=1S/C22H37N5O.HI/c1-18-8-6-14-27(17-18)15-7-12-24-22(23-2)25-13-11-19-9-5-10-20(16-19)21(28)26(3)4;/h5,9-10,16,18H,6-8,11-15,17H2,1-4H3,(H2,23,24,25);1H. The third kappa shape index (κ3) is 9.33. The maximum atomic E-state index is 12.1. The second-order valence-electron chi connectivity index (χ2n) is 7.98. The molecule has 1 atom stereocenters. The Kier molecular flexibility index (Phi) is 12.2. The summed E-state index contributed by atoms with van der Waals surface area (Å²) >= 11 is 0. The summed E-state index contributed by atoms with van der Waals surface area (Å²) in [7, 11) is 5.36. The second-order valence-corrected chi connectivity index (χ2v) is 7.98. The van der Waals surface area contributed by atoms with Crippen LogP contribution < -0.4 is 10.6 Å². The van der Waals surface area contributed by atoms with Gasteiger partial charge in [0.05, 0.1) is 0 Å². The zero-order chi connectivity index (χ0) is 20.4. The summed E-state index contributed by atoms with van der Waals surface area (Å²) in [6.45, 7) is 7.69. The van der Waals surface area contributed by atoms with E-state index in [1.807, 2.05) is 18.2 Å². The summed E-state index contributed by atoms with van der Waals surface area (Å²) in [5.74, 6) is 1.71. The number of halogens is 1. The fourth-order valence-corrected chi connectivity index (χ4v) is 3.66. The normalized spacial score (nSPS) is 17.4. The van der Waals surface area contributed by atoms with Gasteiger partial charge in [0.1, 0.15) is 0 Å². The average molecular weight is 515 g/mol. The molecule has 0 bridgehead atoms. The van der Waals surface area contributed by atoms with Crippen molar-refractivity contribution >= 4 is 35.8 Å². The molecule has 7 heteroatoms. The van der Waals surface area contributed by atoms with Crippen molar-refractivity contribution < 1.29 is 4.79 Å². The van der Waals surface area contributed by atoms with E-state index in [1.54, 1.807) is 26.0 Å². The number of nitrogens with one attached hydrogen (secondary N) is 2. The maximum absolute atomic E-state index is 12.1. The second kappa shape index (κ2) is 13.8. The fourth-order valence-electron chi connectivity index (χ4n) is 3.66. The van der Waals surface area contributed by atoms with Crippen molar-refractivity contribution in [1.29, 1.82) is 0 Å². The molecule has 1 aromatic carbocycles. The van der Waals surface area contributed by atoms with Crippen LogP contribution in [0, 0.1) is 5.92 Å². The zero-order valence-corrected chi connectivity index (χ0v) is 20.7. The van der Waals surface area contributed by atoms with Crippen LogP contribution in [-0.2, 0) is 6.42 Å². The van der Waals surface area contributed by atoms with Crippen LogP contribution in [0.25, 0.3) is 0 Å². The van der Waals surface area contributed by atoms with Gasteiger partial charge in [0.2, 0.25) is 0 Å². The van der Waals surface area contributed by atoms with Crippen molar-refractivity contribution in [2.75, 3.05) is 53.9 Å². The van der Waals surface area contributed by atoms with Gasteiger partial charge in [0.25, 0.3) is 5.91 Å². The molecular formula is C22H38IN5O. The number of rotatable bonds is 8. The van der Waals surface area contributed by atoms with Crippen LogP contribution in [0.4, 0.5) is 0 Å². The molecule has 1 aliphatic heterocycles. The first kappa shape index (κ1) is 25.7. The number of carbonyl (C=O) groups is 1. The van der Waals surface area contributed by atoms with Crippen LogP contribution >= 0.6 is 24.0 Å². The molecular weight excluding hydrogens is 477 g/mol. The molecule has 1 fully saturated rings. The minimum atomic E-state index is 0. The third-order valence-corrected chi connectivity index (χ3v) is 5.19. The topological polar surface area (TPSA) is 60.0 Å². The molecule has 1 aliphatic rings. The van der Waals surface area contributed by atoms with Crippen molar-refractivity contribution in [3.05, 3.63) is 35.4 Å². The fraction of sp³-hybridized carbons (Fsp3) is 0.636. The summed E-state index contributed by atoms with van der Waals surface area (Å²) in [6, 6.07) is 7.84. The largest absolute Gasteiger partial charge is 0.356 e. The highest BCUT2D eigenvalue weighted by atomic mass is 127. The Morgan fingerprint density at radius 3 is 2.72 bits per heavy atom. The van der Waals surface area contributed by atoms with E-state index in [2.05, 4.69) is 33.5 Å². The Morgan fingerprint density at radius 2 is 2.03 bits per heavy atom. The minimum absolute atomic E-state index is 0. The smallest absolute Gasteiger partial charge is 0.253 e. The highest BCUT2D eigenvalue weighted by molar-refractivity contribution is 14.0. The number of nitrogens with zero attached hydrogens (tertiary/aromatic N) is 3. The van der Waals surface area contributed by atoms with Gasteiger partial charge in [-0.25, -0.2) is 0 Å². The zero-order valence-electron chi connectivity index (χ0n) is 18.4. The first-order valence-corrected chi connectivity index (χ1v) is 10.5. The van der Waals surface area contributed by atoms with Gasteiger partial charge < -0.3 is 20.4 Å². The highest BCUT2D eigenvalue weighted by Crippen LogP contribution is 2.15. The summed E-state index contributed by atoms with van der Waals surface area (Å²) in [5, 5.41) is 6.77. The Hall–Kier alpha value is -1.35. The lowest BCUT2D eigenvalue weighted by atomic mass is 10.0. The molecule has 0 aromatic heterocycles. The molecule has 0 saturated carbocycles. The van der Waals surface area contributed by atoms with E-state index >= 15 is 0 Å². The molecule has 2 rings (SSSR count). The first-order valence-electron chi connectivity index (χ1n) is 10.5. The summed E-state index contributed by atoms with van der Waals surface area (Å²) < 4.78 is 0. The number of carbonyl (C=O) groups excluding carboxylic acids is 1. The van der Waals surface area contributed by atoms with Gasteiger partial charge in [-0.3, -0.25) is 9.79 Å². The van der Waals surface area contributed by atoms with Crippen LogP contribution in [0.5, 0.6) is 0 Å². The lowest BCUT2D eigenvalue weighted by molar-refractivity contribution is 0.0827. The van der Waals surface area contributed by atoms with Crippen LogP contribution in [0.3, 0.4) is 0 Å². The number of likely N-dealkylation sites (tertiary alicyclic amines) is 1. The van der Waals surface area contributed by atoms with Gasteiger partial charge in [0, 0.05) is 46.3 Å². The number of guanidine groups is 1. The van der Waals surface area contributed by atoms with Crippen molar-refractivity contribution in [2.24, 2.45) is 10.9 Å². The predicted molar refractivity (Wildman–Crippen MR) is 132 cm³/mol. The minimum Gasteiger partial charge on any atom is -0.356 e. The Labute approximate surface area is 193 Å². The number of aliphatic imine (C=N–C) groups is 1. The Morgan fingerprint density at radius 1 is 1.28 bits per heavy atom. The average Bonchev–Trinajstić information content (AvgIpc) is 2.69. The summed E-state index contributed by atoms with van der Waals surface area (Å²) in [5.41, 5.74) is 1.88. The van der Waals surface area contributed by atoms with E-state index in [1.165, 1.54) is 25.9 Å². The Balaban J connectivity index is 0.00000420. The van der Waals surface area contributed by atoms with Crippen LogP contribution in [0.2, 0.25) is 0 Å². The monoisotopic (exact) mass is 515 g/mol. The Bertz CT molecular complexity index is 650. The van der Waals surface area contributed by atoms with E-state index in [0.717, 1.165) is 55.5 Å². The molecule has 1 heterocycles. The number of benzene rings is 1. The van der Waals surface area contributed by atoms with Crippen LogP contribution in [-0.4, -0.2) is 75.5 Å². The first-order chi connectivity index (χ1) is 13.5.